The molecule has 0 bridgehead atoms. The molecule has 0 fully saturated rings. The third kappa shape index (κ3) is 4.68. The summed E-state index contributed by atoms with van der Waals surface area (Å²) in [5.41, 5.74) is 5.84. The average molecular weight is 469 g/mol. The van der Waals surface area contributed by atoms with Crippen LogP contribution in [-0.2, 0) is 42.6 Å². The van der Waals surface area contributed by atoms with Gasteiger partial charge in [-0.25, -0.2) is 4.98 Å². The maximum Gasteiger partial charge on any atom is 0.256 e. The van der Waals surface area contributed by atoms with Crippen molar-refractivity contribution in [3.63, 3.8) is 0 Å². The SMILES string of the molecule is COCc1nc2cc(NC(=O)Cc3ccccc3)cc(C(=O)N3CCc4ccccc4C3)c2n1C. The van der Waals surface area contributed by atoms with Gasteiger partial charge >= 0.3 is 0 Å². The van der Waals surface area contributed by atoms with E-state index in [0.717, 1.165) is 17.5 Å². The summed E-state index contributed by atoms with van der Waals surface area (Å²) < 4.78 is 7.21. The average Bonchev–Trinajstić information content (AvgIpc) is 3.18. The summed E-state index contributed by atoms with van der Waals surface area (Å²) in [5, 5.41) is 2.97. The molecule has 7 nitrogen and oxygen atoms in total. The number of rotatable bonds is 6. The molecular weight excluding hydrogens is 440 g/mol. The lowest BCUT2D eigenvalue weighted by Gasteiger charge is -2.29. The van der Waals surface area contributed by atoms with Gasteiger partial charge in [0.05, 0.1) is 23.0 Å². The van der Waals surface area contributed by atoms with Crippen molar-refractivity contribution in [3.05, 3.63) is 94.8 Å². The van der Waals surface area contributed by atoms with Crippen molar-refractivity contribution in [3.8, 4) is 0 Å². The van der Waals surface area contributed by atoms with E-state index in [0.29, 0.717) is 42.3 Å². The smallest absolute Gasteiger partial charge is 0.256 e. The third-order valence-corrected chi connectivity index (χ3v) is 6.47. The van der Waals surface area contributed by atoms with Gasteiger partial charge in [-0.1, -0.05) is 54.6 Å². The number of amides is 2. The van der Waals surface area contributed by atoms with Crippen LogP contribution in [0.1, 0.15) is 32.9 Å². The number of aromatic nitrogens is 2. The first kappa shape index (κ1) is 22.8. The minimum absolute atomic E-state index is 0.0735. The molecule has 2 heterocycles. The van der Waals surface area contributed by atoms with Crippen LogP contribution in [0.3, 0.4) is 0 Å². The second-order valence-corrected chi connectivity index (χ2v) is 8.87. The van der Waals surface area contributed by atoms with Crippen molar-refractivity contribution in [1.82, 2.24) is 14.5 Å². The van der Waals surface area contributed by atoms with E-state index in [4.69, 9.17) is 9.72 Å². The fourth-order valence-corrected chi connectivity index (χ4v) is 4.72. The number of ether oxygens (including phenoxy) is 1. The molecule has 2 amide bonds. The van der Waals surface area contributed by atoms with Gasteiger partial charge in [-0.05, 0) is 35.2 Å². The Labute approximate surface area is 204 Å². The van der Waals surface area contributed by atoms with Crippen molar-refractivity contribution < 1.29 is 14.3 Å². The van der Waals surface area contributed by atoms with Crippen molar-refractivity contribution in [2.75, 3.05) is 19.0 Å². The van der Waals surface area contributed by atoms with Crippen molar-refractivity contribution in [2.45, 2.75) is 26.0 Å². The Hall–Kier alpha value is -3.97. The van der Waals surface area contributed by atoms with Crippen molar-refractivity contribution in [2.24, 2.45) is 7.05 Å². The van der Waals surface area contributed by atoms with Crippen LogP contribution >= 0.6 is 0 Å². The van der Waals surface area contributed by atoms with E-state index < -0.39 is 0 Å². The Morgan fingerprint density at radius 3 is 2.54 bits per heavy atom. The summed E-state index contributed by atoms with van der Waals surface area (Å²) in [6, 6.07) is 21.4. The zero-order valence-electron chi connectivity index (χ0n) is 20.0. The van der Waals surface area contributed by atoms with Gasteiger partial charge in [-0.15, -0.1) is 0 Å². The summed E-state index contributed by atoms with van der Waals surface area (Å²) in [4.78, 5) is 33.1. The van der Waals surface area contributed by atoms with Gasteiger partial charge in [0.15, 0.2) is 0 Å². The topological polar surface area (TPSA) is 76.5 Å². The quantitative estimate of drug-likeness (QED) is 0.462. The molecule has 1 aliphatic heterocycles. The van der Waals surface area contributed by atoms with E-state index in [1.165, 1.54) is 11.1 Å². The van der Waals surface area contributed by atoms with Crippen LogP contribution in [-0.4, -0.2) is 39.9 Å². The normalized spacial score (nSPS) is 13.0. The van der Waals surface area contributed by atoms with Crippen molar-refractivity contribution >= 4 is 28.5 Å². The van der Waals surface area contributed by atoms with E-state index in [9.17, 15) is 9.59 Å². The molecule has 35 heavy (non-hydrogen) atoms. The number of aryl methyl sites for hydroxylation is 1. The summed E-state index contributed by atoms with van der Waals surface area (Å²) in [5.74, 6) is 0.498. The fourth-order valence-electron chi connectivity index (χ4n) is 4.72. The molecule has 5 rings (SSSR count). The molecule has 0 atom stereocenters. The molecule has 0 saturated heterocycles. The number of benzene rings is 3. The predicted octanol–water partition coefficient (Wildman–Crippen LogP) is 4.10. The molecule has 0 unspecified atom stereocenters. The monoisotopic (exact) mass is 468 g/mol. The summed E-state index contributed by atoms with van der Waals surface area (Å²) in [6.07, 6.45) is 1.07. The summed E-state index contributed by atoms with van der Waals surface area (Å²) in [6.45, 7) is 1.53. The van der Waals surface area contributed by atoms with Crippen LogP contribution in [0.2, 0.25) is 0 Å². The van der Waals surface area contributed by atoms with Gasteiger partial charge in [0.1, 0.15) is 12.4 Å². The molecule has 1 aromatic heterocycles. The number of methoxy groups -OCH3 is 1. The van der Waals surface area contributed by atoms with Gasteiger partial charge in [-0.3, -0.25) is 9.59 Å². The molecule has 0 spiro atoms. The Balaban J connectivity index is 1.49. The first-order valence-corrected chi connectivity index (χ1v) is 11.7. The molecule has 0 aliphatic carbocycles. The van der Waals surface area contributed by atoms with Gasteiger partial charge in [0.2, 0.25) is 5.91 Å². The largest absolute Gasteiger partial charge is 0.377 e. The second kappa shape index (κ2) is 9.72. The highest BCUT2D eigenvalue weighted by atomic mass is 16.5. The molecule has 178 valence electrons. The summed E-state index contributed by atoms with van der Waals surface area (Å²) in [7, 11) is 3.51. The first-order chi connectivity index (χ1) is 17.0. The molecule has 3 aromatic carbocycles. The molecule has 1 aliphatic rings. The number of fused-ring (bicyclic) bond motifs is 2. The van der Waals surface area contributed by atoms with Gasteiger partial charge < -0.3 is 19.5 Å². The van der Waals surface area contributed by atoms with Gasteiger partial charge in [0, 0.05) is 32.9 Å². The van der Waals surface area contributed by atoms with Crippen LogP contribution < -0.4 is 5.32 Å². The van der Waals surface area contributed by atoms with E-state index in [-0.39, 0.29) is 18.2 Å². The van der Waals surface area contributed by atoms with Crippen molar-refractivity contribution in [1.29, 1.82) is 0 Å². The summed E-state index contributed by atoms with van der Waals surface area (Å²) >= 11 is 0. The second-order valence-electron chi connectivity index (χ2n) is 8.87. The number of anilines is 1. The highest BCUT2D eigenvalue weighted by Crippen LogP contribution is 2.28. The third-order valence-electron chi connectivity index (χ3n) is 6.47. The number of nitrogens with zero attached hydrogens (tertiary/aromatic N) is 3. The first-order valence-electron chi connectivity index (χ1n) is 11.7. The lowest BCUT2D eigenvalue weighted by molar-refractivity contribution is -0.115. The maximum atomic E-state index is 13.8. The lowest BCUT2D eigenvalue weighted by Crippen LogP contribution is -2.36. The minimum Gasteiger partial charge on any atom is -0.377 e. The Bertz CT molecular complexity index is 1390. The Kier molecular flexibility index (Phi) is 6.33. The number of imidazole rings is 1. The van der Waals surface area contributed by atoms with Gasteiger partial charge in [0.25, 0.3) is 5.91 Å². The van der Waals surface area contributed by atoms with Crippen LogP contribution in [0.15, 0.2) is 66.7 Å². The predicted molar refractivity (Wildman–Crippen MR) is 135 cm³/mol. The van der Waals surface area contributed by atoms with E-state index in [1.54, 1.807) is 13.2 Å². The molecule has 4 aromatic rings. The number of carbonyl (C=O) groups is 2. The number of hydrogen-bond donors (Lipinski definition) is 1. The number of nitrogens with one attached hydrogen (secondary N) is 1. The highest BCUT2D eigenvalue weighted by molar-refractivity contribution is 6.08. The number of hydrogen-bond acceptors (Lipinski definition) is 4. The Morgan fingerprint density at radius 1 is 1.03 bits per heavy atom. The Morgan fingerprint density at radius 2 is 1.77 bits per heavy atom. The van der Waals surface area contributed by atoms with E-state index >= 15 is 0 Å². The fraction of sp³-hybridized carbons (Fsp3) is 0.250. The molecule has 0 saturated carbocycles. The van der Waals surface area contributed by atoms with E-state index in [1.807, 2.05) is 65.0 Å². The van der Waals surface area contributed by atoms with Crippen LogP contribution in [0.5, 0.6) is 0 Å². The highest BCUT2D eigenvalue weighted by Gasteiger charge is 2.26. The lowest BCUT2D eigenvalue weighted by atomic mass is 9.99. The van der Waals surface area contributed by atoms with Gasteiger partial charge in [-0.2, -0.15) is 0 Å². The van der Waals surface area contributed by atoms with E-state index in [2.05, 4.69) is 17.4 Å². The molecule has 0 radical (unpaired) electrons. The van der Waals surface area contributed by atoms with Crippen LogP contribution in [0.25, 0.3) is 11.0 Å². The van der Waals surface area contributed by atoms with Crippen LogP contribution in [0.4, 0.5) is 5.69 Å². The number of carbonyl (C=O) groups excluding carboxylic acids is 2. The zero-order valence-corrected chi connectivity index (χ0v) is 20.0. The molecule has 7 heteroatoms. The maximum absolute atomic E-state index is 13.8. The molecule has 1 N–H and O–H groups in total. The minimum atomic E-state index is -0.145. The zero-order chi connectivity index (χ0) is 24.4. The van der Waals surface area contributed by atoms with Crippen LogP contribution in [0, 0.1) is 0 Å². The molecular formula is C28H28N4O3. The standard InChI is InChI=1S/C28H28N4O3/c1-31-25(18-35-2)30-24-16-22(29-26(33)14-19-8-4-3-5-9-19)15-23(27(24)31)28(34)32-13-12-20-10-6-7-11-21(20)17-32/h3-11,15-16H,12-14,17-18H2,1-2H3,(H,29,33).